The topological polar surface area (TPSA) is 69.8 Å². The van der Waals surface area contributed by atoms with Crippen molar-refractivity contribution in [3.63, 3.8) is 0 Å². The van der Waals surface area contributed by atoms with E-state index in [0.717, 1.165) is 18.8 Å². The third-order valence-corrected chi connectivity index (χ3v) is 4.13. The smallest absolute Gasteiger partial charge is 0.225 e. The molecule has 1 amide bonds. The number of hydrogen-bond acceptors (Lipinski definition) is 3. The van der Waals surface area contributed by atoms with Gasteiger partial charge in [-0.25, -0.2) is 0 Å². The Morgan fingerprint density at radius 1 is 1.50 bits per heavy atom. The molecule has 112 valence electrons. The quantitative estimate of drug-likeness (QED) is 0.775. The predicted octanol–water partition coefficient (Wildman–Crippen LogP) is 2.50. The van der Waals surface area contributed by atoms with Crippen LogP contribution in [0.3, 0.4) is 0 Å². The van der Waals surface area contributed by atoms with E-state index in [-0.39, 0.29) is 5.91 Å². The second-order valence-electron chi connectivity index (χ2n) is 6.20. The molecule has 5 heteroatoms. The Bertz CT molecular complexity index is 435. The average Bonchev–Trinajstić information content (AvgIpc) is 2.88. The Hall–Kier alpha value is -1.36. The van der Waals surface area contributed by atoms with Crippen molar-refractivity contribution in [2.45, 2.75) is 46.0 Å². The molecule has 0 bridgehead atoms. The molecule has 0 aliphatic carbocycles. The average molecular weight is 278 g/mol. The minimum atomic E-state index is 0.0601. The summed E-state index contributed by atoms with van der Waals surface area (Å²) in [5.74, 6) is 2.10. The molecule has 1 saturated heterocycles. The van der Waals surface area contributed by atoms with Gasteiger partial charge in [-0.05, 0) is 43.7 Å². The van der Waals surface area contributed by atoms with Gasteiger partial charge in [0.1, 0.15) is 0 Å². The maximum absolute atomic E-state index is 12.1. The molecule has 2 rings (SSSR count). The van der Waals surface area contributed by atoms with Crippen molar-refractivity contribution in [2.24, 2.45) is 11.8 Å². The van der Waals surface area contributed by atoms with E-state index >= 15 is 0 Å². The van der Waals surface area contributed by atoms with Crippen molar-refractivity contribution >= 4 is 11.7 Å². The Balaban J connectivity index is 1.81. The van der Waals surface area contributed by atoms with Gasteiger partial charge in [0.2, 0.25) is 5.91 Å². The fraction of sp³-hybridized carbons (Fsp3) is 0.733. The minimum absolute atomic E-state index is 0.0601. The van der Waals surface area contributed by atoms with Crippen LogP contribution in [0.1, 0.15) is 51.6 Å². The summed E-state index contributed by atoms with van der Waals surface area (Å²) < 4.78 is 0. The molecule has 1 aromatic rings. The molecule has 0 radical (unpaired) electrons. The molecular weight excluding hydrogens is 252 g/mol. The van der Waals surface area contributed by atoms with Crippen molar-refractivity contribution < 1.29 is 4.79 Å². The monoisotopic (exact) mass is 278 g/mol. The lowest BCUT2D eigenvalue weighted by Gasteiger charge is -2.27. The lowest BCUT2D eigenvalue weighted by molar-refractivity contribution is -0.117. The van der Waals surface area contributed by atoms with Gasteiger partial charge in [0.05, 0.1) is 0 Å². The summed E-state index contributed by atoms with van der Waals surface area (Å²) in [5.41, 5.74) is 1.05. The van der Waals surface area contributed by atoms with E-state index in [4.69, 9.17) is 0 Å². The van der Waals surface area contributed by atoms with E-state index in [9.17, 15) is 4.79 Å². The van der Waals surface area contributed by atoms with Gasteiger partial charge in [0, 0.05) is 18.2 Å². The fourth-order valence-electron chi connectivity index (χ4n) is 2.71. The number of aromatic amines is 1. The Morgan fingerprint density at radius 2 is 2.30 bits per heavy atom. The molecule has 5 nitrogen and oxygen atoms in total. The van der Waals surface area contributed by atoms with Gasteiger partial charge >= 0.3 is 0 Å². The third kappa shape index (κ3) is 4.07. The minimum Gasteiger partial charge on any atom is -0.316 e. The van der Waals surface area contributed by atoms with E-state index in [1.165, 1.54) is 12.8 Å². The van der Waals surface area contributed by atoms with Gasteiger partial charge in [-0.1, -0.05) is 20.8 Å². The van der Waals surface area contributed by atoms with Gasteiger partial charge < -0.3 is 10.6 Å². The summed E-state index contributed by atoms with van der Waals surface area (Å²) in [7, 11) is 0. The summed E-state index contributed by atoms with van der Waals surface area (Å²) in [6.07, 6.45) is 3.01. The zero-order valence-corrected chi connectivity index (χ0v) is 12.7. The molecular formula is C15H26N4O. The summed E-state index contributed by atoms with van der Waals surface area (Å²) in [6.45, 7) is 8.50. The van der Waals surface area contributed by atoms with Crippen molar-refractivity contribution in [1.82, 2.24) is 15.5 Å². The number of nitrogens with zero attached hydrogens (tertiary/aromatic N) is 1. The van der Waals surface area contributed by atoms with E-state index in [2.05, 4.69) is 41.6 Å². The van der Waals surface area contributed by atoms with Crippen LogP contribution in [-0.4, -0.2) is 29.2 Å². The normalized spacial score (nSPS) is 20.9. The molecule has 0 aromatic carbocycles. The van der Waals surface area contributed by atoms with Crippen LogP contribution >= 0.6 is 0 Å². The first-order chi connectivity index (χ1) is 9.56. The molecule has 2 heterocycles. The molecule has 2 atom stereocenters. The SMILES string of the molecule is CC(C)c1cc(NC(=O)CC(C)C2CCCNC2)n[nH]1. The Labute approximate surface area is 120 Å². The number of amides is 1. The molecule has 3 N–H and O–H groups in total. The number of carbonyl (C=O) groups is 1. The highest BCUT2D eigenvalue weighted by Crippen LogP contribution is 2.23. The van der Waals surface area contributed by atoms with Crippen molar-refractivity contribution in [3.05, 3.63) is 11.8 Å². The maximum Gasteiger partial charge on any atom is 0.225 e. The number of piperidine rings is 1. The van der Waals surface area contributed by atoms with Crippen LogP contribution in [0.2, 0.25) is 0 Å². The van der Waals surface area contributed by atoms with E-state index in [1.54, 1.807) is 0 Å². The van der Waals surface area contributed by atoms with Crippen molar-refractivity contribution in [1.29, 1.82) is 0 Å². The van der Waals surface area contributed by atoms with E-state index in [1.807, 2.05) is 6.07 Å². The van der Waals surface area contributed by atoms with E-state index in [0.29, 0.717) is 30.0 Å². The van der Waals surface area contributed by atoms with Gasteiger partial charge in [-0.2, -0.15) is 5.10 Å². The van der Waals surface area contributed by atoms with Crippen molar-refractivity contribution in [3.8, 4) is 0 Å². The highest BCUT2D eigenvalue weighted by molar-refractivity contribution is 5.89. The van der Waals surface area contributed by atoms with Crippen LogP contribution in [0.25, 0.3) is 0 Å². The van der Waals surface area contributed by atoms with Gasteiger partial charge in [-0.3, -0.25) is 9.89 Å². The van der Waals surface area contributed by atoms with Crippen LogP contribution < -0.4 is 10.6 Å². The largest absolute Gasteiger partial charge is 0.316 e. The molecule has 1 fully saturated rings. The van der Waals surface area contributed by atoms with Gasteiger partial charge in [0.25, 0.3) is 0 Å². The number of carbonyl (C=O) groups excluding carboxylic acids is 1. The molecule has 1 aliphatic heterocycles. The highest BCUT2D eigenvalue weighted by atomic mass is 16.1. The molecule has 1 aliphatic rings. The molecule has 0 spiro atoms. The first kappa shape index (κ1) is 15.0. The van der Waals surface area contributed by atoms with Crippen molar-refractivity contribution in [2.75, 3.05) is 18.4 Å². The van der Waals surface area contributed by atoms with Gasteiger partial charge in [-0.15, -0.1) is 0 Å². The first-order valence-corrected chi connectivity index (χ1v) is 7.62. The molecule has 2 unspecified atom stereocenters. The zero-order chi connectivity index (χ0) is 14.5. The van der Waals surface area contributed by atoms with E-state index < -0.39 is 0 Å². The molecule has 20 heavy (non-hydrogen) atoms. The lowest BCUT2D eigenvalue weighted by Crippen LogP contribution is -2.34. The number of nitrogens with one attached hydrogen (secondary N) is 3. The number of H-pyrrole nitrogens is 1. The second-order valence-corrected chi connectivity index (χ2v) is 6.20. The lowest BCUT2D eigenvalue weighted by atomic mass is 9.85. The maximum atomic E-state index is 12.1. The summed E-state index contributed by atoms with van der Waals surface area (Å²) in [5, 5.41) is 13.4. The number of aromatic nitrogens is 2. The zero-order valence-electron chi connectivity index (χ0n) is 12.7. The van der Waals surface area contributed by atoms with Crippen LogP contribution in [0, 0.1) is 11.8 Å². The predicted molar refractivity (Wildman–Crippen MR) is 80.7 cm³/mol. The third-order valence-electron chi connectivity index (χ3n) is 4.13. The Kier molecular flexibility index (Phi) is 5.17. The highest BCUT2D eigenvalue weighted by Gasteiger charge is 2.22. The summed E-state index contributed by atoms with van der Waals surface area (Å²) in [6, 6.07) is 1.91. The number of anilines is 1. The molecule has 1 aromatic heterocycles. The van der Waals surface area contributed by atoms with Crippen LogP contribution in [-0.2, 0) is 4.79 Å². The summed E-state index contributed by atoms with van der Waals surface area (Å²) >= 11 is 0. The van der Waals surface area contributed by atoms with Crippen LogP contribution in [0.5, 0.6) is 0 Å². The summed E-state index contributed by atoms with van der Waals surface area (Å²) in [4.78, 5) is 12.1. The fourth-order valence-corrected chi connectivity index (χ4v) is 2.71. The van der Waals surface area contributed by atoms with Gasteiger partial charge in [0.15, 0.2) is 5.82 Å². The first-order valence-electron chi connectivity index (χ1n) is 7.62. The van der Waals surface area contributed by atoms with Crippen LogP contribution in [0.15, 0.2) is 6.07 Å². The van der Waals surface area contributed by atoms with Crippen LogP contribution in [0.4, 0.5) is 5.82 Å². The Morgan fingerprint density at radius 3 is 2.90 bits per heavy atom. The molecule has 0 saturated carbocycles. The standard InChI is InChI=1S/C15H26N4O/c1-10(2)13-8-14(19-18-13)17-15(20)7-11(3)12-5-4-6-16-9-12/h8,10-12,16H,4-7,9H2,1-3H3,(H2,17,18,19,20). The second kappa shape index (κ2) is 6.88. The number of hydrogen-bond donors (Lipinski definition) is 3. The number of rotatable bonds is 5.